The lowest BCUT2D eigenvalue weighted by atomic mass is 10.0. The van der Waals surface area contributed by atoms with Crippen molar-refractivity contribution in [2.75, 3.05) is 0 Å². The van der Waals surface area contributed by atoms with Crippen LogP contribution in [0.3, 0.4) is 0 Å². The Bertz CT molecular complexity index is 484. The molecule has 0 aliphatic heterocycles. The van der Waals surface area contributed by atoms with E-state index in [4.69, 9.17) is 5.11 Å². The summed E-state index contributed by atoms with van der Waals surface area (Å²) in [4.78, 5) is 22.5. The maximum Gasteiger partial charge on any atom is 0.307 e. The number of amides is 1. The number of aliphatic carboxylic acids is 1. The highest BCUT2D eigenvalue weighted by atomic mass is 16.4. The van der Waals surface area contributed by atoms with Crippen molar-refractivity contribution >= 4 is 11.9 Å². The van der Waals surface area contributed by atoms with Gasteiger partial charge in [-0.15, -0.1) is 0 Å². The van der Waals surface area contributed by atoms with Crippen molar-refractivity contribution in [3.63, 3.8) is 0 Å². The van der Waals surface area contributed by atoms with Gasteiger partial charge in [0.25, 0.3) is 0 Å². The molecule has 0 bridgehead atoms. The summed E-state index contributed by atoms with van der Waals surface area (Å²) in [5.41, 5.74) is 2.19. The minimum atomic E-state index is -0.876. The number of hydrogen-bond donors (Lipinski definition) is 2. The molecule has 0 saturated heterocycles. The Morgan fingerprint density at radius 1 is 1.33 bits per heavy atom. The number of benzene rings is 1. The van der Waals surface area contributed by atoms with E-state index < -0.39 is 11.9 Å². The van der Waals surface area contributed by atoms with Crippen LogP contribution in [0.5, 0.6) is 0 Å². The molecule has 0 spiro atoms. The first-order valence-electron chi connectivity index (χ1n) is 6.09. The summed E-state index contributed by atoms with van der Waals surface area (Å²) in [6.07, 6.45) is 0.460. The zero-order valence-corrected chi connectivity index (χ0v) is 10.5. The van der Waals surface area contributed by atoms with E-state index in [1.165, 1.54) is 0 Å². The molecule has 2 N–H and O–H groups in total. The molecule has 18 heavy (non-hydrogen) atoms. The van der Waals surface area contributed by atoms with Crippen LogP contribution in [-0.4, -0.2) is 17.0 Å². The van der Waals surface area contributed by atoms with Gasteiger partial charge in [-0.1, -0.05) is 24.3 Å². The number of aryl methyl sites for hydroxylation is 1. The van der Waals surface area contributed by atoms with Crippen LogP contribution < -0.4 is 5.32 Å². The van der Waals surface area contributed by atoms with Crippen LogP contribution in [0.25, 0.3) is 0 Å². The van der Waals surface area contributed by atoms with E-state index in [1.807, 2.05) is 38.1 Å². The summed E-state index contributed by atoms with van der Waals surface area (Å²) >= 11 is 0. The molecule has 4 heteroatoms. The van der Waals surface area contributed by atoms with Crippen molar-refractivity contribution in [2.45, 2.75) is 26.3 Å². The third kappa shape index (κ3) is 2.53. The number of carboxylic acids is 1. The summed E-state index contributed by atoms with van der Waals surface area (Å²) in [7, 11) is 0. The summed E-state index contributed by atoms with van der Waals surface area (Å²) in [6.45, 7) is 3.91. The fourth-order valence-corrected chi connectivity index (χ4v) is 2.23. The van der Waals surface area contributed by atoms with Gasteiger partial charge in [-0.2, -0.15) is 0 Å². The summed E-state index contributed by atoms with van der Waals surface area (Å²) in [5, 5.41) is 11.7. The second kappa shape index (κ2) is 4.80. The number of carbonyl (C=O) groups excluding carboxylic acids is 1. The molecule has 2 rings (SSSR count). The smallest absolute Gasteiger partial charge is 0.307 e. The molecule has 1 aliphatic carbocycles. The summed E-state index contributed by atoms with van der Waals surface area (Å²) in [5.74, 6) is -1.88. The van der Waals surface area contributed by atoms with Crippen molar-refractivity contribution in [2.24, 2.45) is 11.8 Å². The SMILES string of the molecule is Cc1ccccc1C(C)NC(=O)C1CC1C(=O)O. The van der Waals surface area contributed by atoms with Gasteiger partial charge in [-0.3, -0.25) is 9.59 Å². The first kappa shape index (κ1) is 12.6. The van der Waals surface area contributed by atoms with Crippen LogP contribution in [0.1, 0.15) is 30.5 Å². The highest BCUT2D eigenvalue weighted by Crippen LogP contribution is 2.39. The van der Waals surface area contributed by atoms with E-state index in [1.54, 1.807) is 0 Å². The molecule has 1 aromatic rings. The molecule has 0 aromatic heterocycles. The molecule has 0 heterocycles. The van der Waals surface area contributed by atoms with Crippen molar-refractivity contribution < 1.29 is 14.7 Å². The average molecular weight is 247 g/mol. The van der Waals surface area contributed by atoms with Gasteiger partial charge in [0.1, 0.15) is 0 Å². The van der Waals surface area contributed by atoms with Crippen molar-refractivity contribution in [3.05, 3.63) is 35.4 Å². The normalized spacial score (nSPS) is 23.2. The third-order valence-electron chi connectivity index (χ3n) is 3.46. The molecule has 1 aromatic carbocycles. The molecule has 4 nitrogen and oxygen atoms in total. The Labute approximate surface area is 106 Å². The summed E-state index contributed by atoms with van der Waals surface area (Å²) in [6, 6.07) is 7.77. The van der Waals surface area contributed by atoms with Gasteiger partial charge >= 0.3 is 5.97 Å². The lowest BCUT2D eigenvalue weighted by molar-refractivity contribution is -0.140. The number of rotatable bonds is 4. The van der Waals surface area contributed by atoms with E-state index in [-0.39, 0.29) is 17.9 Å². The molecule has 3 unspecified atom stereocenters. The second-order valence-corrected chi connectivity index (χ2v) is 4.87. The third-order valence-corrected chi connectivity index (χ3v) is 3.46. The van der Waals surface area contributed by atoms with Crippen LogP contribution in [0.2, 0.25) is 0 Å². The van der Waals surface area contributed by atoms with Gasteiger partial charge < -0.3 is 10.4 Å². The fourth-order valence-electron chi connectivity index (χ4n) is 2.23. The number of carboxylic acid groups (broad SMARTS) is 1. The largest absolute Gasteiger partial charge is 0.481 e. The summed E-state index contributed by atoms with van der Waals surface area (Å²) < 4.78 is 0. The Kier molecular flexibility index (Phi) is 3.36. The van der Waals surface area contributed by atoms with Gasteiger partial charge in [-0.05, 0) is 31.4 Å². The van der Waals surface area contributed by atoms with E-state index in [9.17, 15) is 9.59 Å². The Morgan fingerprint density at radius 3 is 2.56 bits per heavy atom. The molecule has 1 aliphatic rings. The highest BCUT2D eigenvalue weighted by molar-refractivity contribution is 5.89. The molecule has 1 amide bonds. The standard InChI is InChI=1S/C14H17NO3/c1-8-5-3-4-6-10(8)9(2)15-13(16)11-7-12(11)14(17)18/h3-6,9,11-12H,7H2,1-2H3,(H,15,16)(H,17,18). The van der Waals surface area contributed by atoms with Crippen molar-refractivity contribution in [1.29, 1.82) is 0 Å². The van der Waals surface area contributed by atoms with E-state index in [0.29, 0.717) is 6.42 Å². The Balaban J connectivity index is 1.97. The Hall–Kier alpha value is -1.84. The minimum Gasteiger partial charge on any atom is -0.481 e. The zero-order chi connectivity index (χ0) is 13.3. The van der Waals surface area contributed by atoms with E-state index in [2.05, 4.69) is 5.32 Å². The fraction of sp³-hybridized carbons (Fsp3) is 0.429. The lowest BCUT2D eigenvalue weighted by Crippen LogP contribution is -2.29. The molecular formula is C14H17NO3. The van der Waals surface area contributed by atoms with Crippen LogP contribution >= 0.6 is 0 Å². The average Bonchev–Trinajstić information content (AvgIpc) is 3.09. The highest BCUT2D eigenvalue weighted by Gasteiger charge is 2.48. The molecule has 1 fully saturated rings. The van der Waals surface area contributed by atoms with E-state index in [0.717, 1.165) is 11.1 Å². The molecule has 1 saturated carbocycles. The molecule has 0 radical (unpaired) electrons. The van der Waals surface area contributed by atoms with Crippen LogP contribution in [0.15, 0.2) is 24.3 Å². The monoisotopic (exact) mass is 247 g/mol. The van der Waals surface area contributed by atoms with E-state index >= 15 is 0 Å². The van der Waals surface area contributed by atoms with Gasteiger partial charge in [-0.25, -0.2) is 0 Å². The van der Waals surface area contributed by atoms with Crippen molar-refractivity contribution in [1.82, 2.24) is 5.32 Å². The topological polar surface area (TPSA) is 66.4 Å². The van der Waals surface area contributed by atoms with Crippen LogP contribution in [-0.2, 0) is 9.59 Å². The van der Waals surface area contributed by atoms with Crippen LogP contribution in [0.4, 0.5) is 0 Å². The molecular weight excluding hydrogens is 230 g/mol. The van der Waals surface area contributed by atoms with Crippen molar-refractivity contribution in [3.8, 4) is 0 Å². The second-order valence-electron chi connectivity index (χ2n) is 4.87. The maximum absolute atomic E-state index is 11.8. The molecule has 3 atom stereocenters. The van der Waals surface area contributed by atoms with Gasteiger partial charge in [0.15, 0.2) is 0 Å². The maximum atomic E-state index is 11.8. The molecule has 96 valence electrons. The predicted molar refractivity (Wildman–Crippen MR) is 67.0 cm³/mol. The first-order chi connectivity index (χ1) is 8.50. The quantitative estimate of drug-likeness (QED) is 0.853. The Morgan fingerprint density at radius 2 is 2.00 bits per heavy atom. The minimum absolute atomic E-state index is 0.0891. The number of hydrogen-bond acceptors (Lipinski definition) is 2. The van der Waals surface area contributed by atoms with Gasteiger partial charge in [0.2, 0.25) is 5.91 Å². The number of nitrogens with one attached hydrogen (secondary N) is 1. The number of carbonyl (C=O) groups is 2. The lowest BCUT2D eigenvalue weighted by Gasteiger charge is -2.16. The first-order valence-corrected chi connectivity index (χ1v) is 6.09. The predicted octanol–water partition coefficient (Wildman–Crippen LogP) is 1.89. The zero-order valence-electron chi connectivity index (χ0n) is 10.5. The van der Waals surface area contributed by atoms with Gasteiger partial charge in [0.05, 0.1) is 17.9 Å². The van der Waals surface area contributed by atoms with Gasteiger partial charge in [0, 0.05) is 0 Å². The van der Waals surface area contributed by atoms with Crippen LogP contribution in [0, 0.1) is 18.8 Å².